The lowest BCUT2D eigenvalue weighted by Gasteiger charge is -2.18. The molecular weight excluding hydrogens is 256 g/mol. The maximum absolute atomic E-state index is 11.6. The van der Waals surface area contributed by atoms with E-state index in [1.807, 2.05) is 0 Å². The predicted octanol–water partition coefficient (Wildman–Crippen LogP) is 3.00. The third kappa shape index (κ3) is 9.64. The van der Waals surface area contributed by atoms with Crippen molar-refractivity contribution in [3.63, 3.8) is 0 Å². The fourth-order valence-corrected chi connectivity index (χ4v) is 1.94. The van der Waals surface area contributed by atoms with Crippen molar-refractivity contribution < 1.29 is 14.7 Å². The quantitative estimate of drug-likeness (QED) is 0.540. The van der Waals surface area contributed by atoms with E-state index in [2.05, 4.69) is 24.5 Å². The molecule has 2 amide bonds. The fourth-order valence-electron chi connectivity index (χ4n) is 1.94. The predicted molar refractivity (Wildman–Crippen MR) is 80.7 cm³/mol. The van der Waals surface area contributed by atoms with E-state index in [0.717, 1.165) is 18.8 Å². The summed E-state index contributed by atoms with van der Waals surface area (Å²) in [5, 5.41) is 14.2. The van der Waals surface area contributed by atoms with Gasteiger partial charge in [0.05, 0.1) is 0 Å². The lowest BCUT2D eigenvalue weighted by Crippen LogP contribution is -2.48. The summed E-state index contributed by atoms with van der Waals surface area (Å²) >= 11 is 0. The lowest BCUT2D eigenvalue weighted by molar-refractivity contribution is -0.140. The largest absolute Gasteiger partial charge is 0.480 e. The monoisotopic (exact) mass is 286 g/mol. The molecule has 0 heterocycles. The highest BCUT2D eigenvalue weighted by atomic mass is 16.4. The van der Waals surface area contributed by atoms with Gasteiger partial charge in [-0.3, -0.25) is 0 Å². The molecule has 3 N–H and O–H groups in total. The summed E-state index contributed by atoms with van der Waals surface area (Å²) in [5.41, 5.74) is 0. The molecule has 0 radical (unpaired) electrons. The second-order valence-corrected chi connectivity index (χ2v) is 6.06. The number of carbonyl (C=O) groups excluding carboxylic acids is 1. The molecule has 0 aromatic carbocycles. The third-order valence-electron chi connectivity index (χ3n) is 3.21. The first kappa shape index (κ1) is 18.7. The molecule has 1 atom stereocenters. The molecule has 118 valence electrons. The van der Waals surface area contributed by atoms with Crippen LogP contribution in [0.5, 0.6) is 0 Å². The van der Waals surface area contributed by atoms with Crippen LogP contribution in [0.1, 0.15) is 59.8 Å². The van der Waals surface area contributed by atoms with Crippen LogP contribution >= 0.6 is 0 Å². The number of aliphatic carboxylic acids is 1. The topological polar surface area (TPSA) is 78.4 Å². The van der Waals surface area contributed by atoms with Gasteiger partial charge in [0.25, 0.3) is 0 Å². The SMILES string of the molecule is CC(C)CCCCCCNC(=O)NC(C(=O)O)C(C)C. The van der Waals surface area contributed by atoms with E-state index in [9.17, 15) is 9.59 Å². The Morgan fingerprint density at radius 1 is 1.00 bits per heavy atom. The molecule has 0 rings (SSSR count). The first-order chi connectivity index (χ1) is 9.34. The summed E-state index contributed by atoms with van der Waals surface area (Å²) in [6.45, 7) is 8.58. The van der Waals surface area contributed by atoms with Crippen molar-refractivity contribution in [3.05, 3.63) is 0 Å². The van der Waals surface area contributed by atoms with Gasteiger partial charge in [-0.25, -0.2) is 9.59 Å². The van der Waals surface area contributed by atoms with Crippen LogP contribution in [0.4, 0.5) is 4.79 Å². The number of amides is 2. The van der Waals surface area contributed by atoms with Gasteiger partial charge in [0, 0.05) is 6.54 Å². The summed E-state index contributed by atoms with van der Waals surface area (Å²) in [4.78, 5) is 22.5. The molecule has 0 bridgehead atoms. The molecule has 0 aliphatic rings. The Hall–Kier alpha value is -1.26. The van der Waals surface area contributed by atoms with E-state index in [1.54, 1.807) is 13.8 Å². The van der Waals surface area contributed by atoms with Gasteiger partial charge in [-0.1, -0.05) is 53.4 Å². The Morgan fingerprint density at radius 3 is 2.10 bits per heavy atom. The van der Waals surface area contributed by atoms with Crippen molar-refractivity contribution in [2.45, 2.75) is 65.8 Å². The Morgan fingerprint density at radius 2 is 1.60 bits per heavy atom. The highest BCUT2D eigenvalue weighted by Gasteiger charge is 2.22. The van der Waals surface area contributed by atoms with E-state index in [0.29, 0.717) is 6.54 Å². The number of rotatable bonds is 10. The van der Waals surface area contributed by atoms with Gasteiger partial charge in [0.15, 0.2) is 0 Å². The first-order valence-corrected chi connectivity index (χ1v) is 7.61. The summed E-state index contributed by atoms with van der Waals surface area (Å²) in [6.07, 6.45) is 5.70. The van der Waals surface area contributed by atoms with Crippen LogP contribution in [0.2, 0.25) is 0 Å². The number of nitrogens with one attached hydrogen (secondary N) is 2. The van der Waals surface area contributed by atoms with Gasteiger partial charge in [0.2, 0.25) is 0 Å². The average Bonchev–Trinajstić information content (AvgIpc) is 2.33. The van der Waals surface area contributed by atoms with Crippen molar-refractivity contribution in [1.29, 1.82) is 0 Å². The van der Waals surface area contributed by atoms with Crippen LogP contribution in [-0.4, -0.2) is 29.7 Å². The Balaban J connectivity index is 3.65. The van der Waals surface area contributed by atoms with Crippen molar-refractivity contribution in [2.75, 3.05) is 6.54 Å². The molecule has 0 saturated carbocycles. The van der Waals surface area contributed by atoms with Crippen molar-refractivity contribution >= 4 is 12.0 Å². The number of urea groups is 1. The number of carbonyl (C=O) groups is 2. The molecule has 0 aliphatic heterocycles. The molecule has 0 saturated heterocycles. The minimum absolute atomic E-state index is 0.130. The van der Waals surface area contributed by atoms with E-state index >= 15 is 0 Å². The van der Waals surface area contributed by atoms with E-state index in [-0.39, 0.29) is 5.92 Å². The minimum Gasteiger partial charge on any atom is -0.480 e. The second-order valence-electron chi connectivity index (χ2n) is 6.06. The Labute approximate surface area is 122 Å². The van der Waals surface area contributed by atoms with E-state index < -0.39 is 18.0 Å². The number of hydrogen-bond donors (Lipinski definition) is 3. The molecule has 0 aromatic rings. The van der Waals surface area contributed by atoms with E-state index in [4.69, 9.17) is 5.11 Å². The van der Waals surface area contributed by atoms with Gasteiger partial charge >= 0.3 is 12.0 Å². The Bertz CT molecular complexity index is 291. The van der Waals surface area contributed by atoms with Gasteiger partial charge in [-0.15, -0.1) is 0 Å². The van der Waals surface area contributed by atoms with Crippen LogP contribution in [-0.2, 0) is 4.79 Å². The smallest absolute Gasteiger partial charge is 0.326 e. The van der Waals surface area contributed by atoms with Crippen LogP contribution in [0.3, 0.4) is 0 Å². The summed E-state index contributed by atoms with van der Waals surface area (Å²) in [5.74, 6) is -0.374. The highest BCUT2D eigenvalue weighted by molar-refractivity contribution is 5.82. The summed E-state index contributed by atoms with van der Waals surface area (Å²) < 4.78 is 0. The summed E-state index contributed by atoms with van der Waals surface area (Å²) in [7, 11) is 0. The van der Waals surface area contributed by atoms with Crippen LogP contribution < -0.4 is 10.6 Å². The van der Waals surface area contributed by atoms with Gasteiger partial charge in [-0.05, 0) is 18.3 Å². The fraction of sp³-hybridized carbons (Fsp3) is 0.867. The maximum Gasteiger partial charge on any atom is 0.326 e. The van der Waals surface area contributed by atoms with Crippen molar-refractivity contribution in [1.82, 2.24) is 10.6 Å². The zero-order chi connectivity index (χ0) is 15.5. The molecule has 5 heteroatoms. The molecule has 0 aliphatic carbocycles. The summed E-state index contributed by atoms with van der Waals surface area (Å²) in [6, 6.07) is -1.23. The van der Waals surface area contributed by atoms with Crippen molar-refractivity contribution in [3.8, 4) is 0 Å². The molecule has 0 spiro atoms. The number of hydrogen-bond acceptors (Lipinski definition) is 2. The number of carboxylic acid groups (broad SMARTS) is 1. The third-order valence-corrected chi connectivity index (χ3v) is 3.21. The molecule has 20 heavy (non-hydrogen) atoms. The van der Waals surface area contributed by atoms with Gasteiger partial charge < -0.3 is 15.7 Å². The van der Waals surface area contributed by atoms with Gasteiger partial charge in [-0.2, -0.15) is 0 Å². The Kier molecular flexibility index (Phi) is 9.86. The molecule has 0 aromatic heterocycles. The molecular formula is C15H30N2O3. The number of carboxylic acids is 1. The highest BCUT2D eigenvalue weighted by Crippen LogP contribution is 2.09. The van der Waals surface area contributed by atoms with E-state index in [1.165, 1.54) is 19.3 Å². The van der Waals surface area contributed by atoms with Crippen molar-refractivity contribution in [2.24, 2.45) is 11.8 Å². The van der Waals surface area contributed by atoms with Crippen LogP contribution in [0.25, 0.3) is 0 Å². The standard InChI is InChI=1S/C15H30N2O3/c1-11(2)9-7-5-6-8-10-16-15(20)17-13(12(3)4)14(18)19/h11-13H,5-10H2,1-4H3,(H,18,19)(H2,16,17,20). The van der Waals surface area contributed by atoms with Gasteiger partial charge in [0.1, 0.15) is 6.04 Å². The molecule has 5 nitrogen and oxygen atoms in total. The first-order valence-electron chi connectivity index (χ1n) is 7.61. The normalized spacial score (nSPS) is 12.5. The zero-order valence-corrected chi connectivity index (χ0v) is 13.2. The average molecular weight is 286 g/mol. The van der Waals surface area contributed by atoms with Crippen LogP contribution in [0, 0.1) is 11.8 Å². The second kappa shape index (κ2) is 10.5. The zero-order valence-electron chi connectivity index (χ0n) is 13.2. The number of unbranched alkanes of at least 4 members (excludes halogenated alkanes) is 3. The lowest BCUT2D eigenvalue weighted by atomic mass is 10.0. The minimum atomic E-state index is -0.996. The maximum atomic E-state index is 11.6. The molecule has 1 unspecified atom stereocenters. The molecule has 0 fully saturated rings. The van der Waals surface area contributed by atoms with Crippen LogP contribution in [0.15, 0.2) is 0 Å².